The first kappa shape index (κ1) is 19.2. The molecule has 6 heteroatoms. The molecule has 1 aromatic heterocycles. The van der Waals surface area contributed by atoms with Crippen molar-refractivity contribution in [3.63, 3.8) is 0 Å². The Balaban J connectivity index is 1.57. The van der Waals surface area contributed by atoms with Crippen molar-refractivity contribution in [3.8, 4) is 5.75 Å². The van der Waals surface area contributed by atoms with Gasteiger partial charge in [-0.3, -0.25) is 4.79 Å². The third-order valence-corrected chi connectivity index (χ3v) is 6.53. The van der Waals surface area contributed by atoms with Crippen LogP contribution in [0.25, 0.3) is 11.8 Å². The van der Waals surface area contributed by atoms with Gasteiger partial charge in [-0.05, 0) is 60.9 Å². The maximum absolute atomic E-state index is 12.1. The number of aromatic nitrogens is 1. The van der Waals surface area contributed by atoms with Gasteiger partial charge in [0, 0.05) is 35.6 Å². The van der Waals surface area contributed by atoms with E-state index >= 15 is 0 Å². The number of rotatable bonds is 5. The highest BCUT2D eigenvalue weighted by atomic mass is 16.3. The van der Waals surface area contributed by atoms with Crippen molar-refractivity contribution in [1.82, 2.24) is 9.88 Å². The molecule has 0 bridgehead atoms. The van der Waals surface area contributed by atoms with Gasteiger partial charge in [0.25, 0.3) is 0 Å². The minimum atomic E-state index is 0.0174. The summed E-state index contributed by atoms with van der Waals surface area (Å²) < 4.78 is 0. The van der Waals surface area contributed by atoms with E-state index in [0.29, 0.717) is 23.0 Å². The van der Waals surface area contributed by atoms with Gasteiger partial charge in [-0.1, -0.05) is 25.1 Å². The summed E-state index contributed by atoms with van der Waals surface area (Å²) in [4.78, 5) is 17.4. The highest BCUT2D eigenvalue weighted by Gasteiger charge is 2.50. The van der Waals surface area contributed by atoms with Gasteiger partial charge in [0.1, 0.15) is 11.6 Å². The number of phenolic OH excluding ortho intramolecular Hbond substituents is 1. The van der Waals surface area contributed by atoms with E-state index in [1.807, 2.05) is 17.0 Å². The first-order valence-electron chi connectivity index (χ1n) is 10.1. The Hall–Kier alpha value is -3.15. The average Bonchev–Trinajstić information content (AvgIpc) is 3.34. The van der Waals surface area contributed by atoms with Gasteiger partial charge in [0.15, 0.2) is 0 Å². The molecule has 2 fully saturated rings. The summed E-state index contributed by atoms with van der Waals surface area (Å²) in [6, 6.07) is 9.00. The first-order valence-corrected chi connectivity index (χ1v) is 10.1. The molecule has 2 aliphatic rings. The number of hydrogen-bond donors (Lipinski definition) is 4. The average molecular weight is 393 g/mol. The Morgan fingerprint density at radius 3 is 2.97 bits per heavy atom. The molecule has 2 heterocycles. The van der Waals surface area contributed by atoms with Crippen LogP contribution in [0.1, 0.15) is 36.1 Å². The van der Waals surface area contributed by atoms with Crippen molar-refractivity contribution < 1.29 is 9.90 Å². The second-order valence-electron chi connectivity index (χ2n) is 8.33. The lowest BCUT2D eigenvalue weighted by Gasteiger charge is -2.28. The molecule has 29 heavy (non-hydrogen) atoms. The zero-order chi connectivity index (χ0) is 20.6. The Morgan fingerprint density at radius 2 is 2.21 bits per heavy atom. The molecule has 1 aliphatic carbocycles. The number of anilines is 1. The molecule has 0 radical (unpaired) electrons. The van der Waals surface area contributed by atoms with Crippen LogP contribution in [0.4, 0.5) is 5.82 Å². The van der Waals surface area contributed by atoms with E-state index < -0.39 is 0 Å². The van der Waals surface area contributed by atoms with Crippen molar-refractivity contribution in [1.29, 1.82) is 0 Å². The highest BCUT2D eigenvalue weighted by molar-refractivity contribution is 5.87. The SMILES string of the molecule is C=CC(=O)N1CC2CCCC2(Cc2cc(/C=C(\N)c3ccccc3O)c(N)[nH]2)C1. The van der Waals surface area contributed by atoms with Gasteiger partial charge >= 0.3 is 0 Å². The number of nitrogen functional groups attached to an aromatic ring is 1. The van der Waals surface area contributed by atoms with E-state index in [1.54, 1.807) is 24.3 Å². The van der Waals surface area contributed by atoms with E-state index in [4.69, 9.17) is 11.5 Å². The van der Waals surface area contributed by atoms with Gasteiger partial charge in [-0.15, -0.1) is 0 Å². The lowest BCUT2D eigenvalue weighted by molar-refractivity contribution is -0.125. The van der Waals surface area contributed by atoms with Crippen LogP contribution in [-0.4, -0.2) is 34.0 Å². The van der Waals surface area contributed by atoms with Crippen molar-refractivity contribution in [3.05, 3.63) is 59.8 Å². The molecule has 1 amide bonds. The number of aromatic hydroxyl groups is 1. The van der Waals surface area contributed by atoms with E-state index in [-0.39, 0.29) is 17.1 Å². The molecule has 1 saturated heterocycles. The third kappa shape index (κ3) is 3.50. The van der Waals surface area contributed by atoms with Crippen LogP contribution in [-0.2, 0) is 11.2 Å². The maximum atomic E-state index is 12.1. The predicted octanol–water partition coefficient (Wildman–Crippen LogP) is 3.12. The van der Waals surface area contributed by atoms with Gasteiger partial charge in [0.05, 0.1) is 0 Å². The molecule has 1 aliphatic heterocycles. The third-order valence-electron chi connectivity index (χ3n) is 6.53. The molecule has 6 nitrogen and oxygen atoms in total. The van der Waals surface area contributed by atoms with Crippen molar-refractivity contribution in [2.24, 2.45) is 17.1 Å². The van der Waals surface area contributed by atoms with Gasteiger partial charge in [-0.2, -0.15) is 0 Å². The number of H-pyrrole nitrogens is 1. The van der Waals surface area contributed by atoms with Crippen LogP contribution >= 0.6 is 0 Å². The molecule has 2 atom stereocenters. The number of carbonyl (C=O) groups is 1. The summed E-state index contributed by atoms with van der Waals surface area (Å²) in [5.41, 5.74) is 15.4. The van der Waals surface area contributed by atoms with E-state index in [0.717, 1.165) is 43.6 Å². The minimum absolute atomic E-state index is 0.0174. The second kappa shape index (κ2) is 7.35. The smallest absolute Gasteiger partial charge is 0.245 e. The summed E-state index contributed by atoms with van der Waals surface area (Å²) in [6.45, 7) is 5.21. The molecular formula is C23H28N4O2. The predicted molar refractivity (Wildman–Crippen MR) is 116 cm³/mol. The molecule has 6 N–H and O–H groups in total. The van der Waals surface area contributed by atoms with Crippen LogP contribution in [0.3, 0.4) is 0 Å². The molecule has 2 unspecified atom stereocenters. The standard InChI is InChI=1S/C23H28N4O2/c1-2-21(29)27-13-16-6-5-9-23(16,14-27)12-17-10-15(22(25)26-17)11-19(24)18-7-3-4-8-20(18)28/h2-4,7-8,10-11,16,26,28H,1,5-6,9,12-14,24-25H2/b19-11-. The lowest BCUT2D eigenvalue weighted by atomic mass is 9.77. The maximum Gasteiger partial charge on any atom is 0.245 e. The molecule has 1 aromatic carbocycles. The first-order chi connectivity index (χ1) is 13.9. The molecule has 0 spiro atoms. The minimum Gasteiger partial charge on any atom is -0.507 e. The topological polar surface area (TPSA) is 108 Å². The zero-order valence-electron chi connectivity index (χ0n) is 16.5. The second-order valence-corrected chi connectivity index (χ2v) is 8.33. The summed E-state index contributed by atoms with van der Waals surface area (Å²) in [5, 5.41) is 10.0. The number of amides is 1. The molecule has 152 valence electrons. The zero-order valence-corrected chi connectivity index (χ0v) is 16.5. The van der Waals surface area contributed by atoms with Crippen molar-refractivity contribution in [2.45, 2.75) is 25.7 Å². The highest BCUT2D eigenvalue weighted by Crippen LogP contribution is 2.50. The monoisotopic (exact) mass is 392 g/mol. The molecular weight excluding hydrogens is 364 g/mol. The summed E-state index contributed by atoms with van der Waals surface area (Å²) in [7, 11) is 0. The number of fused-ring (bicyclic) bond motifs is 1. The van der Waals surface area contributed by atoms with Crippen molar-refractivity contribution >= 4 is 23.5 Å². The van der Waals surface area contributed by atoms with Crippen LogP contribution in [0.15, 0.2) is 43.0 Å². The van der Waals surface area contributed by atoms with Crippen LogP contribution in [0.5, 0.6) is 5.75 Å². The van der Waals surface area contributed by atoms with E-state index in [2.05, 4.69) is 11.6 Å². The number of nitrogens with one attached hydrogen (secondary N) is 1. The number of likely N-dealkylation sites (tertiary alicyclic amines) is 1. The summed E-state index contributed by atoms with van der Waals surface area (Å²) in [5.74, 6) is 1.23. The number of nitrogens with zero attached hydrogens (tertiary/aromatic N) is 1. The van der Waals surface area contributed by atoms with Crippen molar-refractivity contribution in [2.75, 3.05) is 18.8 Å². The van der Waals surface area contributed by atoms with Gasteiger partial charge < -0.3 is 26.5 Å². The number of carbonyl (C=O) groups excluding carboxylic acids is 1. The number of para-hydroxylation sites is 1. The Morgan fingerprint density at radius 1 is 1.41 bits per heavy atom. The number of hydrogen-bond acceptors (Lipinski definition) is 4. The fourth-order valence-corrected chi connectivity index (χ4v) is 5.10. The summed E-state index contributed by atoms with van der Waals surface area (Å²) in [6.07, 6.45) is 7.52. The normalized spacial score (nSPS) is 23.9. The fraction of sp³-hybridized carbons (Fsp3) is 0.348. The number of nitrogens with two attached hydrogens (primary N) is 2. The largest absolute Gasteiger partial charge is 0.507 e. The molecule has 4 rings (SSSR count). The number of benzene rings is 1. The Kier molecular flexibility index (Phi) is 4.86. The van der Waals surface area contributed by atoms with Gasteiger partial charge in [0.2, 0.25) is 5.91 Å². The number of aromatic amines is 1. The van der Waals surface area contributed by atoms with E-state index in [1.165, 1.54) is 12.5 Å². The molecule has 1 saturated carbocycles. The Bertz CT molecular complexity index is 977. The number of phenols is 1. The lowest BCUT2D eigenvalue weighted by Crippen LogP contribution is -2.32. The fourth-order valence-electron chi connectivity index (χ4n) is 5.10. The van der Waals surface area contributed by atoms with Gasteiger partial charge in [-0.25, -0.2) is 0 Å². The van der Waals surface area contributed by atoms with Crippen LogP contribution in [0.2, 0.25) is 0 Å². The van der Waals surface area contributed by atoms with Crippen LogP contribution < -0.4 is 11.5 Å². The Labute approximate surface area is 170 Å². The molecule has 2 aromatic rings. The van der Waals surface area contributed by atoms with Crippen LogP contribution in [0, 0.1) is 11.3 Å². The van der Waals surface area contributed by atoms with E-state index in [9.17, 15) is 9.90 Å². The summed E-state index contributed by atoms with van der Waals surface area (Å²) >= 11 is 0. The quantitative estimate of drug-likeness (QED) is 0.586.